The van der Waals surface area contributed by atoms with Gasteiger partial charge in [-0.1, -0.05) is 265 Å². The Morgan fingerprint density at radius 2 is 0.615 bits per heavy atom. The summed E-state index contributed by atoms with van der Waals surface area (Å²) in [5, 5.41) is 0. The topological polar surface area (TPSA) is 9.23 Å². The fourth-order valence-corrected chi connectivity index (χ4v) is 13.2. The van der Waals surface area contributed by atoms with Crippen LogP contribution in [-0.4, -0.2) is 40.5 Å². The van der Waals surface area contributed by atoms with Crippen LogP contribution in [0.1, 0.15) is 304 Å². The molecule has 6 rings (SSSR count). The van der Waals surface area contributed by atoms with Crippen molar-refractivity contribution in [2.24, 2.45) is 0 Å². The normalized spacial score (nSPS) is 13.4. The van der Waals surface area contributed by atoms with Crippen LogP contribution < -0.4 is 0 Å². The number of hydrogen-bond donors (Lipinski definition) is 0. The van der Waals surface area contributed by atoms with E-state index in [0.29, 0.717) is 38.0 Å². The van der Waals surface area contributed by atoms with Gasteiger partial charge in [-0.2, -0.15) is 0 Å². The summed E-state index contributed by atoms with van der Waals surface area (Å²) in [6.45, 7) is 42.1. The van der Waals surface area contributed by atoms with Crippen LogP contribution in [0.25, 0.3) is 11.6 Å². The van der Waals surface area contributed by atoms with E-state index in [1.165, 1.54) is 50.1 Å². The number of unbranched alkanes of at least 4 members (excludes halogenated alkanes) is 1. The molecule has 0 fully saturated rings. The molecule has 0 heterocycles. The second-order valence-corrected chi connectivity index (χ2v) is 31.4. The minimum absolute atomic E-state index is 0. The molecule has 0 radical (unpaired) electrons. The van der Waals surface area contributed by atoms with Crippen LogP contribution in [0.15, 0.2) is 171 Å². The van der Waals surface area contributed by atoms with Gasteiger partial charge >= 0.3 is 0 Å². The van der Waals surface area contributed by atoms with Gasteiger partial charge in [0.15, 0.2) is 0 Å². The number of methoxy groups -OCH3 is 1. The van der Waals surface area contributed by atoms with E-state index in [1.807, 2.05) is 39.0 Å². The van der Waals surface area contributed by atoms with Crippen molar-refractivity contribution < 1.29 is 26.7 Å². The molecule has 4 atom stereocenters. The first-order chi connectivity index (χ1) is 44.8. The molecular weight excluding hydrogens is 1190 g/mol. The Balaban J connectivity index is 0.00000116. The summed E-state index contributed by atoms with van der Waals surface area (Å²) in [5.41, 5.74) is 15.9. The first kappa shape index (κ1) is 84.4. The molecule has 0 aliphatic carbocycles. The summed E-state index contributed by atoms with van der Waals surface area (Å²) in [6, 6.07) is 52.7. The van der Waals surface area contributed by atoms with Crippen LogP contribution in [-0.2, 0) is 37.4 Å². The maximum atomic E-state index is 14.1. The Labute approximate surface area is 583 Å². The maximum Gasteiger partial charge on any atom is 0.0902 e. The van der Waals surface area contributed by atoms with E-state index in [0.717, 1.165) is 98.5 Å². The Kier molecular flexibility index (Phi) is 35.4. The van der Waals surface area contributed by atoms with Crippen LogP contribution in [0.3, 0.4) is 0 Å². The van der Waals surface area contributed by atoms with Crippen molar-refractivity contribution in [2.45, 2.75) is 270 Å². The third-order valence-electron chi connectivity index (χ3n) is 20.9. The molecule has 0 N–H and O–H groups in total. The summed E-state index contributed by atoms with van der Waals surface area (Å²) in [7, 11) is 1.72. The van der Waals surface area contributed by atoms with Gasteiger partial charge in [-0.15, -0.1) is 6.58 Å². The Morgan fingerprint density at radius 3 is 0.875 bits per heavy atom. The van der Waals surface area contributed by atoms with Gasteiger partial charge in [0.1, 0.15) is 0 Å². The Bertz CT molecular complexity index is 3140. The molecule has 6 heteroatoms. The fourth-order valence-electron chi connectivity index (χ4n) is 13.2. The first-order valence-corrected chi connectivity index (χ1v) is 35.7. The van der Waals surface area contributed by atoms with Gasteiger partial charge in [-0.05, 0) is 242 Å². The lowest BCUT2D eigenvalue weighted by molar-refractivity contribution is 0.0192. The monoisotopic (exact) mass is 1320 g/mol. The van der Waals surface area contributed by atoms with E-state index < -0.39 is 0 Å². The lowest BCUT2D eigenvalue weighted by Gasteiger charge is -2.31. The van der Waals surface area contributed by atoms with Crippen molar-refractivity contribution in [3.05, 3.63) is 238 Å². The van der Waals surface area contributed by atoms with Gasteiger partial charge in [0.05, 0.1) is 39.0 Å². The van der Waals surface area contributed by atoms with Crippen molar-refractivity contribution in [3.63, 3.8) is 0 Å². The third kappa shape index (κ3) is 26.8. The van der Waals surface area contributed by atoms with Crippen molar-refractivity contribution >= 4 is 11.6 Å². The third-order valence-corrected chi connectivity index (χ3v) is 20.9. The lowest BCUT2D eigenvalue weighted by Crippen LogP contribution is -2.20. The predicted molar refractivity (Wildman–Crippen MR) is 411 cm³/mol. The predicted octanol–water partition coefficient (Wildman–Crippen LogP) is 27.8. The second kappa shape index (κ2) is 40.3. The van der Waals surface area contributed by atoms with Crippen LogP contribution in [0.4, 0.5) is 22.0 Å². The highest BCUT2D eigenvalue weighted by atomic mass is 19.1. The molecule has 0 amide bonds. The molecule has 6 aromatic rings. The summed E-state index contributed by atoms with van der Waals surface area (Å²) in [5.74, 6) is 0.875. The number of halogens is 5. The Morgan fingerprint density at radius 1 is 0.354 bits per heavy atom. The molecule has 96 heavy (non-hydrogen) atoms. The molecule has 4 unspecified atom stereocenters. The molecule has 0 aliphatic heterocycles. The lowest BCUT2D eigenvalue weighted by atomic mass is 9.74. The van der Waals surface area contributed by atoms with Gasteiger partial charge in [0, 0.05) is 7.11 Å². The van der Waals surface area contributed by atoms with Gasteiger partial charge in [0.2, 0.25) is 0 Å². The summed E-state index contributed by atoms with van der Waals surface area (Å²) < 4.78 is 73.9. The molecule has 0 saturated carbocycles. The summed E-state index contributed by atoms with van der Waals surface area (Å²) in [6.07, 6.45) is 15.0. The highest BCUT2D eigenvalue weighted by Gasteiger charge is 2.29. The molecule has 530 valence electrons. The van der Waals surface area contributed by atoms with Crippen molar-refractivity contribution in [1.29, 1.82) is 0 Å². The SMILES string of the molecule is C.C=C(C)C.C=C(C)c1ccc(C(C)(C)CCC(CCCF)c2ccc(C(C)(C)CCC(CCCCC(CCF)c3ccc(C(C)(C)CCF)cc3)c3ccc(C(C)(C)CCC(CCF)c4ccc(C(C)(C)CCF)cc4)cc3)cc2)cc1.C=Cc1ccc(C(C)(C)OC)cc1. The molecule has 0 aliphatic rings. The van der Waals surface area contributed by atoms with Crippen LogP contribution >= 0.6 is 0 Å². The van der Waals surface area contributed by atoms with Crippen LogP contribution in [0.2, 0.25) is 0 Å². The average molecular weight is 1320 g/mol. The minimum atomic E-state index is -0.364. The zero-order valence-electron chi connectivity index (χ0n) is 62.0. The minimum Gasteiger partial charge on any atom is -0.374 e. The standard InChI is InChI=1S/C73H101F5.C12H16O.C4H8.CH4/c1-54(2)55-19-29-64(30-20-55)69(3,4)45-40-57(18-15-49-74)60-23-33-65(34-24-60)70(5,6)44-39-56(16-13-14-17-58(42-50-75)61-25-35-67(36-26-61)72(9,10)47-52-77)59-21-31-66(32-22-59)71(7,8)46-41-63(43-51-76)62-27-37-68(38-28-62)73(11,12)48-53-78;1-5-10-6-8-11(9-7-10)12(2,3)13-4;1-4(2)3;/h19-38,56-58,63H,1,13-18,39-53H2,2-12H3;5-9H,1H2,2-4H3;1H2,2-3H3;1H4. The van der Waals surface area contributed by atoms with Gasteiger partial charge in [0.25, 0.3) is 0 Å². The van der Waals surface area contributed by atoms with Crippen molar-refractivity contribution in [2.75, 3.05) is 40.5 Å². The van der Waals surface area contributed by atoms with Crippen LogP contribution in [0, 0.1) is 0 Å². The molecule has 0 saturated heterocycles. The highest BCUT2D eigenvalue weighted by Crippen LogP contribution is 2.42. The molecule has 0 bridgehead atoms. The van der Waals surface area contributed by atoms with E-state index in [2.05, 4.69) is 236 Å². The zero-order chi connectivity index (χ0) is 70.6. The summed E-state index contributed by atoms with van der Waals surface area (Å²) in [4.78, 5) is 0. The van der Waals surface area contributed by atoms with Gasteiger partial charge in [-0.25, -0.2) is 0 Å². The van der Waals surface area contributed by atoms with Gasteiger partial charge < -0.3 is 4.74 Å². The molecule has 1 nitrogen and oxygen atoms in total. The molecule has 6 aromatic carbocycles. The van der Waals surface area contributed by atoms with E-state index in [1.54, 1.807) is 7.11 Å². The smallest absolute Gasteiger partial charge is 0.0902 e. The molecule has 0 aromatic heterocycles. The Hall–Kier alpha value is -5.85. The van der Waals surface area contributed by atoms with E-state index >= 15 is 0 Å². The van der Waals surface area contributed by atoms with Gasteiger partial charge in [-0.3, -0.25) is 22.0 Å². The largest absolute Gasteiger partial charge is 0.374 e. The number of alkyl halides is 5. The quantitative estimate of drug-likeness (QED) is 0.0213. The number of allylic oxidation sites excluding steroid dienone is 2. The second-order valence-electron chi connectivity index (χ2n) is 31.4. The number of hydrogen-bond acceptors (Lipinski definition) is 1. The van der Waals surface area contributed by atoms with E-state index in [9.17, 15) is 22.0 Å². The fraction of sp³-hybridized carbons (Fsp3) is 0.533. The van der Waals surface area contributed by atoms with Crippen molar-refractivity contribution in [3.8, 4) is 0 Å². The average Bonchev–Trinajstić information content (AvgIpc) is 0.852. The van der Waals surface area contributed by atoms with E-state index in [-0.39, 0.29) is 91.2 Å². The first-order valence-electron chi connectivity index (χ1n) is 35.7. The molecule has 0 spiro atoms. The zero-order valence-corrected chi connectivity index (χ0v) is 62.0. The van der Waals surface area contributed by atoms with Crippen molar-refractivity contribution in [1.82, 2.24) is 0 Å². The highest BCUT2D eigenvalue weighted by molar-refractivity contribution is 5.61. The van der Waals surface area contributed by atoms with Crippen LogP contribution in [0.5, 0.6) is 0 Å². The molecular formula is C90H129F5O. The maximum absolute atomic E-state index is 14.1. The van der Waals surface area contributed by atoms with E-state index in [4.69, 9.17) is 4.74 Å². The number of ether oxygens (including phenoxy) is 1. The number of benzene rings is 6. The number of rotatable bonds is 38. The summed E-state index contributed by atoms with van der Waals surface area (Å²) >= 11 is 0.